The smallest absolute Gasteiger partial charge is 0.0274 e. The minimum Gasteiger partial charge on any atom is -0.315 e. The molecule has 1 rings (SSSR count). The molecular formula is C14H30N2. The summed E-state index contributed by atoms with van der Waals surface area (Å²) in [5.41, 5.74) is 0. The average Bonchev–Trinajstić information content (AvgIpc) is 2.25. The maximum absolute atomic E-state index is 3.55. The molecule has 0 bridgehead atoms. The average molecular weight is 226 g/mol. The minimum absolute atomic E-state index is 0.685. The van der Waals surface area contributed by atoms with E-state index in [0.717, 1.165) is 17.9 Å². The van der Waals surface area contributed by atoms with Crippen molar-refractivity contribution < 1.29 is 0 Å². The second-order valence-electron chi connectivity index (χ2n) is 5.57. The molecule has 0 aromatic carbocycles. The molecule has 0 saturated heterocycles. The number of rotatable bonds is 5. The summed E-state index contributed by atoms with van der Waals surface area (Å²) in [6.45, 7) is 11.9. The highest BCUT2D eigenvalue weighted by Gasteiger charge is 2.35. The zero-order valence-electron chi connectivity index (χ0n) is 11.8. The van der Waals surface area contributed by atoms with Gasteiger partial charge in [-0.25, -0.2) is 0 Å². The Morgan fingerprint density at radius 2 is 1.88 bits per heavy atom. The fourth-order valence-corrected chi connectivity index (χ4v) is 3.55. The third-order valence-corrected chi connectivity index (χ3v) is 4.14. The molecule has 0 amide bonds. The van der Waals surface area contributed by atoms with E-state index in [0.29, 0.717) is 6.04 Å². The third-order valence-electron chi connectivity index (χ3n) is 4.14. The maximum Gasteiger partial charge on any atom is 0.0274 e. The Balaban J connectivity index is 2.71. The van der Waals surface area contributed by atoms with E-state index in [1.54, 1.807) is 0 Å². The van der Waals surface area contributed by atoms with Crippen molar-refractivity contribution in [2.45, 2.75) is 59.0 Å². The summed E-state index contributed by atoms with van der Waals surface area (Å²) in [7, 11) is 2.13. The highest BCUT2D eigenvalue weighted by Crippen LogP contribution is 2.32. The predicted octanol–water partition coefficient (Wildman–Crippen LogP) is 2.74. The monoisotopic (exact) mass is 226 g/mol. The zero-order chi connectivity index (χ0) is 12.1. The molecule has 1 N–H and O–H groups in total. The van der Waals surface area contributed by atoms with Gasteiger partial charge in [0.1, 0.15) is 0 Å². The fraction of sp³-hybridized carbons (Fsp3) is 1.00. The molecule has 0 radical (unpaired) electrons. The summed E-state index contributed by atoms with van der Waals surface area (Å²) in [5, 5.41) is 3.55. The lowest BCUT2D eigenvalue weighted by Crippen LogP contribution is -2.55. The molecule has 0 aromatic heterocycles. The molecule has 0 spiro atoms. The minimum atomic E-state index is 0.685. The molecule has 0 heterocycles. The van der Waals surface area contributed by atoms with Gasteiger partial charge in [-0.2, -0.15) is 0 Å². The zero-order valence-corrected chi connectivity index (χ0v) is 11.8. The first kappa shape index (κ1) is 14.0. The van der Waals surface area contributed by atoms with Gasteiger partial charge in [-0.15, -0.1) is 0 Å². The molecule has 1 aliphatic rings. The van der Waals surface area contributed by atoms with Crippen LogP contribution in [0.2, 0.25) is 0 Å². The third kappa shape index (κ3) is 3.21. The first-order chi connectivity index (χ1) is 7.63. The molecule has 0 aliphatic heterocycles. The lowest BCUT2D eigenvalue weighted by atomic mass is 9.76. The number of nitrogens with zero attached hydrogens (tertiary/aromatic N) is 1. The Kier molecular flexibility index (Phi) is 5.77. The number of nitrogens with one attached hydrogen (secondary N) is 1. The van der Waals surface area contributed by atoms with Crippen LogP contribution in [0.1, 0.15) is 47.0 Å². The summed E-state index contributed by atoms with van der Waals surface area (Å²) in [5.74, 6) is 1.71. The largest absolute Gasteiger partial charge is 0.315 e. The number of hydrogen-bond acceptors (Lipinski definition) is 2. The molecular weight excluding hydrogens is 196 g/mol. The van der Waals surface area contributed by atoms with Crippen LogP contribution in [0.4, 0.5) is 0 Å². The van der Waals surface area contributed by atoms with Crippen molar-refractivity contribution in [3.63, 3.8) is 0 Å². The van der Waals surface area contributed by atoms with Gasteiger partial charge in [0.05, 0.1) is 0 Å². The Morgan fingerprint density at radius 1 is 1.19 bits per heavy atom. The second kappa shape index (κ2) is 6.61. The topological polar surface area (TPSA) is 15.3 Å². The Hall–Kier alpha value is -0.0800. The van der Waals surface area contributed by atoms with Gasteiger partial charge in [0.2, 0.25) is 0 Å². The molecule has 4 atom stereocenters. The van der Waals surface area contributed by atoms with Crippen molar-refractivity contribution in [3.05, 3.63) is 0 Å². The molecule has 2 heteroatoms. The van der Waals surface area contributed by atoms with Gasteiger partial charge in [0.15, 0.2) is 0 Å². The lowest BCUT2D eigenvalue weighted by molar-refractivity contribution is 0.0679. The summed E-state index contributed by atoms with van der Waals surface area (Å²) >= 11 is 0. The molecule has 0 aromatic rings. The summed E-state index contributed by atoms with van der Waals surface area (Å²) < 4.78 is 0. The first-order valence-electron chi connectivity index (χ1n) is 7.05. The van der Waals surface area contributed by atoms with Crippen LogP contribution >= 0.6 is 0 Å². The van der Waals surface area contributed by atoms with Gasteiger partial charge >= 0.3 is 0 Å². The molecule has 2 nitrogen and oxygen atoms in total. The highest BCUT2D eigenvalue weighted by atomic mass is 15.2. The van der Waals surface area contributed by atoms with Crippen LogP contribution in [-0.4, -0.2) is 37.1 Å². The maximum atomic E-state index is 3.55. The molecule has 1 saturated carbocycles. The Morgan fingerprint density at radius 3 is 2.38 bits per heavy atom. The SMILES string of the molecule is CCCN(CC)C1C(C)CC(C)CC1NC. The van der Waals surface area contributed by atoms with Crippen LogP contribution in [0, 0.1) is 11.8 Å². The summed E-state index contributed by atoms with van der Waals surface area (Å²) in [4.78, 5) is 2.68. The van der Waals surface area contributed by atoms with Gasteiger partial charge in [-0.1, -0.05) is 27.7 Å². The summed E-state index contributed by atoms with van der Waals surface area (Å²) in [6, 6.07) is 1.43. The van der Waals surface area contributed by atoms with Crippen molar-refractivity contribution >= 4 is 0 Å². The van der Waals surface area contributed by atoms with Crippen molar-refractivity contribution in [3.8, 4) is 0 Å². The van der Waals surface area contributed by atoms with E-state index in [2.05, 4.69) is 45.0 Å². The van der Waals surface area contributed by atoms with Crippen LogP contribution < -0.4 is 5.32 Å². The molecule has 16 heavy (non-hydrogen) atoms. The molecule has 96 valence electrons. The van der Waals surface area contributed by atoms with Crippen molar-refractivity contribution in [2.24, 2.45) is 11.8 Å². The van der Waals surface area contributed by atoms with Crippen LogP contribution in [-0.2, 0) is 0 Å². The van der Waals surface area contributed by atoms with Gasteiger partial charge in [-0.3, -0.25) is 4.90 Å². The van der Waals surface area contributed by atoms with Gasteiger partial charge < -0.3 is 5.32 Å². The van der Waals surface area contributed by atoms with Crippen molar-refractivity contribution in [1.82, 2.24) is 10.2 Å². The Bertz CT molecular complexity index is 187. The molecule has 4 unspecified atom stereocenters. The predicted molar refractivity (Wildman–Crippen MR) is 71.7 cm³/mol. The standard InChI is InChI=1S/C14H30N2/c1-6-8-16(7-2)14-12(4)9-11(3)10-13(14)15-5/h11-15H,6-10H2,1-5H3. The van der Waals surface area contributed by atoms with Crippen molar-refractivity contribution in [2.75, 3.05) is 20.1 Å². The van der Waals surface area contributed by atoms with Crippen LogP contribution in [0.15, 0.2) is 0 Å². The van der Waals surface area contributed by atoms with Gasteiger partial charge in [0, 0.05) is 12.1 Å². The summed E-state index contributed by atoms with van der Waals surface area (Å²) in [6.07, 6.45) is 4.00. The number of likely N-dealkylation sites (N-methyl/N-ethyl adjacent to an activating group) is 2. The van der Waals surface area contributed by atoms with E-state index in [4.69, 9.17) is 0 Å². The van der Waals surface area contributed by atoms with Gasteiger partial charge in [0.25, 0.3) is 0 Å². The van der Waals surface area contributed by atoms with E-state index in [1.165, 1.54) is 32.4 Å². The highest BCUT2D eigenvalue weighted by molar-refractivity contribution is 4.93. The fourth-order valence-electron chi connectivity index (χ4n) is 3.55. The van der Waals surface area contributed by atoms with Gasteiger partial charge in [-0.05, 0) is 51.2 Å². The van der Waals surface area contributed by atoms with E-state index in [1.807, 2.05) is 0 Å². The van der Waals surface area contributed by atoms with E-state index in [-0.39, 0.29) is 0 Å². The Labute approximate surface area is 102 Å². The normalized spacial score (nSPS) is 35.6. The quantitative estimate of drug-likeness (QED) is 0.775. The van der Waals surface area contributed by atoms with E-state index < -0.39 is 0 Å². The first-order valence-corrected chi connectivity index (χ1v) is 7.05. The lowest BCUT2D eigenvalue weighted by Gasteiger charge is -2.45. The second-order valence-corrected chi connectivity index (χ2v) is 5.57. The van der Waals surface area contributed by atoms with E-state index >= 15 is 0 Å². The molecule has 1 aliphatic carbocycles. The van der Waals surface area contributed by atoms with Crippen LogP contribution in [0.3, 0.4) is 0 Å². The molecule has 1 fully saturated rings. The van der Waals surface area contributed by atoms with Crippen LogP contribution in [0.5, 0.6) is 0 Å². The number of hydrogen-bond donors (Lipinski definition) is 1. The van der Waals surface area contributed by atoms with Crippen molar-refractivity contribution in [1.29, 1.82) is 0 Å². The van der Waals surface area contributed by atoms with E-state index in [9.17, 15) is 0 Å². The van der Waals surface area contributed by atoms with Crippen LogP contribution in [0.25, 0.3) is 0 Å².